The van der Waals surface area contributed by atoms with Crippen molar-refractivity contribution in [2.24, 2.45) is 0 Å². The van der Waals surface area contributed by atoms with Gasteiger partial charge in [-0.25, -0.2) is 9.97 Å². The Morgan fingerprint density at radius 1 is 0.973 bits per heavy atom. The normalized spacial score (nSPS) is 11.3. The summed E-state index contributed by atoms with van der Waals surface area (Å²) in [5.41, 5.74) is 7.37. The fourth-order valence-corrected chi connectivity index (χ4v) is 4.35. The van der Waals surface area contributed by atoms with Crippen LogP contribution in [-0.4, -0.2) is 40.8 Å². The average molecular weight is 489 g/mol. The van der Waals surface area contributed by atoms with Crippen LogP contribution in [0.1, 0.15) is 26.2 Å². The Morgan fingerprint density at radius 2 is 1.86 bits per heavy atom. The average Bonchev–Trinajstić information content (AvgIpc) is 3.56. The van der Waals surface area contributed by atoms with E-state index in [-0.39, 0.29) is 5.91 Å². The molecule has 0 aliphatic rings. The van der Waals surface area contributed by atoms with E-state index in [4.69, 9.17) is 4.98 Å². The van der Waals surface area contributed by atoms with E-state index in [1.807, 2.05) is 30.5 Å². The number of aromatic amines is 2. The highest BCUT2D eigenvalue weighted by atomic mass is 16.1. The SMILES string of the molecule is CCCCC(=O)Nc1cncc(-c2cnc3[nH]cc(-c4nc5c(-c6ccccn6)cncc5[nH]4)c3c2)c1. The Bertz CT molecular complexity index is 1720. The molecular formula is C28H24N8O. The number of carbonyl (C=O) groups is 1. The van der Waals surface area contributed by atoms with Crippen LogP contribution < -0.4 is 5.32 Å². The van der Waals surface area contributed by atoms with Crippen LogP contribution in [0.25, 0.3) is 55.8 Å². The lowest BCUT2D eigenvalue weighted by Gasteiger charge is -2.07. The topological polar surface area (TPSA) is 125 Å². The summed E-state index contributed by atoms with van der Waals surface area (Å²) < 4.78 is 0. The number of nitrogens with one attached hydrogen (secondary N) is 3. The Morgan fingerprint density at radius 3 is 2.73 bits per heavy atom. The molecule has 9 nitrogen and oxygen atoms in total. The maximum Gasteiger partial charge on any atom is 0.224 e. The first-order valence-corrected chi connectivity index (χ1v) is 12.2. The molecule has 1 amide bonds. The van der Waals surface area contributed by atoms with E-state index in [1.165, 1.54) is 0 Å². The first-order valence-electron chi connectivity index (χ1n) is 12.2. The number of nitrogens with zero attached hydrogens (tertiary/aromatic N) is 5. The molecule has 0 bridgehead atoms. The van der Waals surface area contributed by atoms with Gasteiger partial charge in [0.1, 0.15) is 17.0 Å². The minimum atomic E-state index is -0.00764. The number of H-pyrrole nitrogens is 2. The standard InChI is InChI=1S/C28H24N8O/c1-2-3-7-25(37)34-19-9-17(11-29-13-19)18-10-20-21(15-33-27(20)32-12-18)28-35-24-16-30-14-22(26(24)36-28)23-6-4-5-8-31-23/h4-6,8-16H,2-3,7H2,1H3,(H,32,33)(H,34,37)(H,35,36). The maximum atomic E-state index is 12.2. The van der Waals surface area contributed by atoms with E-state index in [0.717, 1.165) is 62.9 Å². The van der Waals surface area contributed by atoms with Gasteiger partial charge >= 0.3 is 0 Å². The summed E-state index contributed by atoms with van der Waals surface area (Å²) in [6.45, 7) is 2.06. The van der Waals surface area contributed by atoms with Crippen LogP contribution >= 0.6 is 0 Å². The van der Waals surface area contributed by atoms with Crippen LogP contribution in [0.2, 0.25) is 0 Å². The molecule has 37 heavy (non-hydrogen) atoms. The Balaban J connectivity index is 1.37. The van der Waals surface area contributed by atoms with Crippen LogP contribution in [0.3, 0.4) is 0 Å². The van der Waals surface area contributed by atoms with Gasteiger partial charge < -0.3 is 15.3 Å². The lowest BCUT2D eigenvalue weighted by atomic mass is 10.1. The molecule has 0 saturated heterocycles. The monoisotopic (exact) mass is 488 g/mol. The second-order valence-electron chi connectivity index (χ2n) is 8.82. The molecule has 0 aromatic carbocycles. The zero-order valence-electron chi connectivity index (χ0n) is 20.2. The highest BCUT2D eigenvalue weighted by molar-refractivity contribution is 5.98. The Hall–Kier alpha value is -4.92. The number of carbonyl (C=O) groups excluding carboxylic acids is 1. The predicted molar refractivity (Wildman–Crippen MR) is 144 cm³/mol. The van der Waals surface area contributed by atoms with Crippen molar-refractivity contribution in [1.29, 1.82) is 0 Å². The summed E-state index contributed by atoms with van der Waals surface area (Å²) in [7, 11) is 0. The second-order valence-corrected chi connectivity index (χ2v) is 8.82. The van der Waals surface area contributed by atoms with E-state index in [9.17, 15) is 4.79 Å². The number of aromatic nitrogens is 7. The molecule has 6 aromatic heterocycles. The Kier molecular flexibility index (Phi) is 5.86. The molecule has 6 heterocycles. The van der Waals surface area contributed by atoms with Crippen molar-refractivity contribution in [3.8, 4) is 33.8 Å². The number of anilines is 1. The van der Waals surface area contributed by atoms with Crippen molar-refractivity contribution in [1.82, 2.24) is 34.9 Å². The van der Waals surface area contributed by atoms with Gasteiger partial charge in [-0.05, 0) is 30.7 Å². The first kappa shape index (κ1) is 22.5. The second kappa shape index (κ2) is 9.62. The molecule has 0 aliphatic carbocycles. The van der Waals surface area contributed by atoms with Crippen molar-refractivity contribution in [2.75, 3.05) is 5.32 Å². The molecule has 0 saturated carbocycles. The van der Waals surface area contributed by atoms with E-state index in [1.54, 1.807) is 37.2 Å². The maximum absolute atomic E-state index is 12.2. The van der Waals surface area contributed by atoms with Crippen molar-refractivity contribution >= 4 is 33.7 Å². The molecule has 182 valence electrons. The molecule has 0 radical (unpaired) electrons. The number of unbranched alkanes of at least 4 members (excludes halogenated alkanes) is 1. The number of amides is 1. The first-order chi connectivity index (χ1) is 18.2. The van der Waals surface area contributed by atoms with Crippen LogP contribution in [0, 0.1) is 0 Å². The molecule has 3 N–H and O–H groups in total. The van der Waals surface area contributed by atoms with E-state index >= 15 is 0 Å². The third-order valence-electron chi connectivity index (χ3n) is 6.23. The molecule has 0 fully saturated rings. The molecular weight excluding hydrogens is 464 g/mol. The van der Waals surface area contributed by atoms with Gasteiger partial charge in [-0.1, -0.05) is 19.4 Å². The quantitative estimate of drug-likeness (QED) is 0.263. The van der Waals surface area contributed by atoms with Crippen molar-refractivity contribution in [2.45, 2.75) is 26.2 Å². The van der Waals surface area contributed by atoms with Gasteiger partial charge in [-0.15, -0.1) is 0 Å². The predicted octanol–water partition coefficient (Wildman–Crippen LogP) is 5.75. The minimum Gasteiger partial charge on any atom is -0.345 e. The minimum absolute atomic E-state index is 0.00764. The largest absolute Gasteiger partial charge is 0.345 e. The summed E-state index contributed by atoms with van der Waals surface area (Å²) in [6, 6.07) is 9.75. The number of imidazole rings is 1. The molecule has 0 spiro atoms. The molecule has 9 heteroatoms. The fraction of sp³-hybridized carbons (Fsp3) is 0.143. The third kappa shape index (κ3) is 4.42. The van der Waals surface area contributed by atoms with Gasteiger partial charge in [-0.2, -0.15) is 0 Å². The van der Waals surface area contributed by atoms with Crippen molar-refractivity contribution < 1.29 is 4.79 Å². The number of hydrogen-bond acceptors (Lipinski definition) is 6. The summed E-state index contributed by atoms with van der Waals surface area (Å²) in [5, 5.41) is 3.85. The Labute approximate surface area is 212 Å². The highest BCUT2D eigenvalue weighted by Crippen LogP contribution is 2.33. The van der Waals surface area contributed by atoms with E-state index in [2.05, 4.69) is 48.2 Å². The van der Waals surface area contributed by atoms with Crippen LogP contribution in [0.4, 0.5) is 5.69 Å². The summed E-state index contributed by atoms with van der Waals surface area (Å²) in [6.07, 6.45) is 14.8. The smallest absolute Gasteiger partial charge is 0.224 e. The van der Waals surface area contributed by atoms with Gasteiger partial charge in [0.15, 0.2) is 0 Å². The third-order valence-corrected chi connectivity index (χ3v) is 6.23. The highest BCUT2D eigenvalue weighted by Gasteiger charge is 2.16. The molecule has 6 aromatic rings. The van der Waals surface area contributed by atoms with Crippen LogP contribution in [0.15, 0.2) is 73.7 Å². The molecule has 0 atom stereocenters. The number of rotatable bonds is 7. The van der Waals surface area contributed by atoms with Gasteiger partial charge in [0.2, 0.25) is 5.91 Å². The number of pyridine rings is 4. The molecule has 0 aliphatic heterocycles. The summed E-state index contributed by atoms with van der Waals surface area (Å²) in [5.74, 6) is 0.701. The van der Waals surface area contributed by atoms with Crippen molar-refractivity contribution in [3.05, 3.63) is 73.7 Å². The molecule has 6 rings (SSSR count). The number of hydrogen-bond donors (Lipinski definition) is 3. The van der Waals surface area contributed by atoms with Gasteiger partial charge in [-0.3, -0.25) is 19.7 Å². The van der Waals surface area contributed by atoms with E-state index in [0.29, 0.717) is 17.9 Å². The van der Waals surface area contributed by atoms with Gasteiger partial charge in [0.05, 0.1) is 29.3 Å². The van der Waals surface area contributed by atoms with Gasteiger partial charge in [0.25, 0.3) is 0 Å². The summed E-state index contributed by atoms with van der Waals surface area (Å²) >= 11 is 0. The van der Waals surface area contributed by atoms with E-state index < -0.39 is 0 Å². The molecule has 0 unspecified atom stereocenters. The zero-order valence-corrected chi connectivity index (χ0v) is 20.2. The van der Waals surface area contributed by atoms with Crippen molar-refractivity contribution in [3.63, 3.8) is 0 Å². The summed E-state index contributed by atoms with van der Waals surface area (Å²) in [4.78, 5) is 41.5. The van der Waals surface area contributed by atoms with Crippen LogP contribution in [-0.2, 0) is 4.79 Å². The fourth-order valence-electron chi connectivity index (χ4n) is 4.35. The van der Waals surface area contributed by atoms with Crippen LogP contribution in [0.5, 0.6) is 0 Å². The number of fused-ring (bicyclic) bond motifs is 2. The zero-order chi connectivity index (χ0) is 25.2. The lowest BCUT2D eigenvalue weighted by molar-refractivity contribution is -0.116. The lowest BCUT2D eigenvalue weighted by Crippen LogP contribution is -2.11. The van der Waals surface area contributed by atoms with Gasteiger partial charge in [0, 0.05) is 65.0 Å².